The van der Waals surface area contributed by atoms with E-state index in [2.05, 4.69) is 10.4 Å². The first-order chi connectivity index (χ1) is 18.4. The number of carbonyl (C=O) groups excluding carboxylic acids is 2. The van der Waals surface area contributed by atoms with Crippen LogP contribution in [-0.2, 0) is 4.74 Å². The van der Waals surface area contributed by atoms with Crippen molar-refractivity contribution in [2.45, 2.75) is 52.1 Å². The number of non-ortho nitro benzene ring substituents is 1. The molecule has 0 radical (unpaired) electrons. The Morgan fingerprint density at radius 1 is 1.21 bits per heavy atom. The molecule has 3 aromatic rings. The molecule has 1 saturated heterocycles. The lowest BCUT2D eigenvalue weighted by Gasteiger charge is -2.34. The quantitative estimate of drug-likeness (QED) is 0.292. The molecule has 0 bridgehead atoms. The van der Waals surface area contributed by atoms with Gasteiger partial charge >= 0.3 is 6.09 Å². The lowest BCUT2D eigenvalue weighted by Crippen LogP contribution is -2.41. The molecule has 2 amide bonds. The van der Waals surface area contributed by atoms with Gasteiger partial charge in [0.25, 0.3) is 11.6 Å². The van der Waals surface area contributed by atoms with Crippen LogP contribution in [0.1, 0.15) is 61.1 Å². The van der Waals surface area contributed by atoms with Gasteiger partial charge in [0.15, 0.2) is 0 Å². The molecule has 2 aromatic carbocycles. The standard InChI is InChI=1S/C27H29ClFN5O5/c1-16-20(28)6-5-7-23(16)33-24(17-10-12-32(13-11-17)26(36)39-27(2,3)4)19(15-30-33)25(35)31-22-14-18(34(37)38)8-9-21(22)29/h5-9,14-15,17H,10-13H2,1-4H3,(H,31,35). The number of amides is 2. The molecule has 4 rings (SSSR count). The summed E-state index contributed by atoms with van der Waals surface area (Å²) >= 11 is 6.37. The van der Waals surface area contributed by atoms with Crippen molar-refractivity contribution in [1.82, 2.24) is 14.7 Å². The van der Waals surface area contributed by atoms with Gasteiger partial charge < -0.3 is 15.0 Å². The van der Waals surface area contributed by atoms with Gasteiger partial charge in [0, 0.05) is 36.2 Å². The first-order valence-corrected chi connectivity index (χ1v) is 12.8. The maximum absolute atomic E-state index is 14.4. The molecule has 0 unspecified atom stereocenters. The summed E-state index contributed by atoms with van der Waals surface area (Å²) in [6, 6.07) is 8.28. The Hall–Kier alpha value is -3.99. The molecule has 0 atom stereocenters. The number of nitro benzene ring substituents is 1. The van der Waals surface area contributed by atoms with Crippen molar-refractivity contribution in [3.8, 4) is 5.69 Å². The van der Waals surface area contributed by atoms with Crippen LogP contribution >= 0.6 is 11.6 Å². The molecular weight excluding hydrogens is 529 g/mol. The Morgan fingerprint density at radius 2 is 1.90 bits per heavy atom. The van der Waals surface area contributed by atoms with Gasteiger partial charge in [0.1, 0.15) is 11.4 Å². The molecule has 39 heavy (non-hydrogen) atoms. The van der Waals surface area contributed by atoms with Crippen molar-refractivity contribution in [3.05, 3.63) is 80.4 Å². The predicted octanol–water partition coefficient (Wildman–Crippen LogP) is 6.25. The summed E-state index contributed by atoms with van der Waals surface area (Å²) in [7, 11) is 0. The lowest BCUT2D eigenvalue weighted by molar-refractivity contribution is -0.384. The van der Waals surface area contributed by atoms with E-state index < -0.39 is 28.3 Å². The van der Waals surface area contributed by atoms with E-state index in [1.54, 1.807) is 42.5 Å². The second-order valence-corrected chi connectivity index (χ2v) is 10.8. The highest BCUT2D eigenvalue weighted by Gasteiger charge is 2.32. The van der Waals surface area contributed by atoms with Crippen molar-refractivity contribution in [2.24, 2.45) is 0 Å². The highest BCUT2D eigenvalue weighted by atomic mass is 35.5. The second-order valence-electron chi connectivity index (χ2n) is 10.4. The van der Waals surface area contributed by atoms with E-state index in [0.29, 0.717) is 42.3 Å². The van der Waals surface area contributed by atoms with Crippen molar-refractivity contribution in [1.29, 1.82) is 0 Å². The third-order valence-electron chi connectivity index (χ3n) is 6.46. The minimum atomic E-state index is -0.806. The van der Waals surface area contributed by atoms with Gasteiger partial charge in [-0.1, -0.05) is 17.7 Å². The van der Waals surface area contributed by atoms with Gasteiger partial charge in [0.2, 0.25) is 0 Å². The number of piperidine rings is 1. The van der Waals surface area contributed by atoms with E-state index in [1.165, 1.54) is 6.20 Å². The van der Waals surface area contributed by atoms with Crippen LogP contribution in [0.15, 0.2) is 42.6 Å². The molecule has 12 heteroatoms. The fraction of sp³-hybridized carbons (Fsp3) is 0.370. The van der Waals surface area contributed by atoms with E-state index in [9.17, 15) is 24.1 Å². The second kappa shape index (κ2) is 11.0. The molecule has 206 valence electrons. The third-order valence-corrected chi connectivity index (χ3v) is 6.87. The zero-order valence-electron chi connectivity index (χ0n) is 22.0. The van der Waals surface area contributed by atoms with Crippen LogP contribution in [0, 0.1) is 22.9 Å². The largest absolute Gasteiger partial charge is 0.444 e. The number of nitro groups is 1. The molecule has 10 nitrogen and oxygen atoms in total. The third kappa shape index (κ3) is 6.19. The Kier molecular flexibility index (Phi) is 7.91. The Labute approximate surface area is 229 Å². The number of rotatable bonds is 5. The van der Waals surface area contributed by atoms with Gasteiger partial charge in [0.05, 0.1) is 33.8 Å². The number of nitrogens with zero attached hydrogens (tertiary/aromatic N) is 4. The van der Waals surface area contributed by atoms with Crippen LogP contribution in [0.5, 0.6) is 0 Å². The summed E-state index contributed by atoms with van der Waals surface area (Å²) in [5.74, 6) is -1.65. The van der Waals surface area contributed by atoms with Crippen molar-refractivity contribution < 1.29 is 23.6 Å². The number of nitrogens with one attached hydrogen (secondary N) is 1. The number of ether oxygens (including phenoxy) is 1. The highest BCUT2D eigenvalue weighted by molar-refractivity contribution is 6.31. The van der Waals surface area contributed by atoms with Gasteiger partial charge in [-0.25, -0.2) is 13.9 Å². The SMILES string of the molecule is Cc1c(Cl)cccc1-n1ncc(C(=O)Nc2cc([N+](=O)[O-])ccc2F)c1C1CCN(C(=O)OC(C)(C)C)CC1. The summed E-state index contributed by atoms with van der Waals surface area (Å²) in [4.78, 5) is 38.1. The molecule has 1 aliphatic heterocycles. The zero-order chi connectivity index (χ0) is 28.5. The van der Waals surface area contributed by atoms with Crippen LogP contribution in [-0.4, -0.2) is 50.3 Å². The zero-order valence-corrected chi connectivity index (χ0v) is 22.8. The van der Waals surface area contributed by atoms with E-state index in [4.69, 9.17) is 16.3 Å². The van der Waals surface area contributed by atoms with Gasteiger partial charge in [-0.3, -0.25) is 14.9 Å². The summed E-state index contributed by atoms with van der Waals surface area (Å²) in [6.45, 7) is 8.06. The summed E-state index contributed by atoms with van der Waals surface area (Å²) in [6.07, 6.45) is 2.03. The maximum Gasteiger partial charge on any atom is 0.410 e. The molecule has 0 saturated carbocycles. The summed E-state index contributed by atoms with van der Waals surface area (Å²) in [5, 5.41) is 18.6. The monoisotopic (exact) mass is 557 g/mol. The topological polar surface area (TPSA) is 120 Å². The molecular formula is C27H29ClFN5O5. The van der Waals surface area contributed by atoms with Crippen LogP contribution < -0.4 is 5.32 Å². The minimum Gasteiger partial charge on any atom is -0.444 e. The van der Waals surface area contributed by atoms with Gasteiger partial charge in [-0.05, 0) is 64.3 Å². The number of aromatic nitrogens is 2. The Balaban J connectivity index is 1.68. The summed E-state index contributed by atoms with van der Waals surface area (Å²) in [5.41, 5.74) is 0.907. The fourth-order valence-corrected chi connectivity index (χ4v) is 4.69. The molecule has 1 N–H and O–H groups in total. The highest BCUT2D eigenvalue weighted by Crippen LogP contribution is 2.35. The van der Waals surface area contributed by atoms with Crippen LogP contribution in [0.3, 0.4) is 0 Å². The number of carbonyl (C=O) groups is 2. The smallest absolute Gasteiger partial charge is 0.410 e. The first-order valence-electron chi connectivity index (χ1n) is 12.4. The average molecular weight is 558 g/mol. The van der Waals surface area contributed by atoms with Gasteiger partial charge in [-0.2, -0.15) is 5.10 Å². The first kappa shape index (κ1) is 28.0. The van der Waals surface area contributed by atoms with Crippen molar-refractivity contribution in [3.63, 3.8) is 0 Å². The molecule has 1 fully saturated rings. The van der Waals surface area contributed by atoms with E-state index in [1.807, 2.05) is 13.0 Å². The lowest BCUT2D eigenvalue weighted by atomic mass is 9.90. The number of hydrogen-bond donors (Lipinski definition) is 1. The van der Waals surface area contributed by atoms with E-state index in [0.717, 1.165) is 23.8 Å². The van der Waals surface area contributed by atoms with Crippen molar-refractivity contribution >= 4 is 35.0 Å². The molecule has 1 aromatic heterocycles. The van der Waals surface area contributed by atoms with Crippen LogP contribution in [0.25, 0.3) is 5.69 Å². The van der Waals surface area contributed by atoms with Crippen LogP contribution in [0.4, 0.5) is 20.6 Å². The fourth-order valence-electron chi connectivity index (χ4n) is 4.52. The summed E-state index contributed by atoms with van der Waals surface area (Å²) < 4.78 is 21.6. The number of anilines is 1. The average Bonchev–Trinajstić information content (AvgIpc) is 3.31. The van der Waals surface area contributed by atoms with Crippen molar-refractivity contribution in [2.75, 3.05) is 18.4 Å². The number of hydrogen-bond acceptors (Lipinski definition) is 6. The minimum absolute atomic E-state index is 0.180. The molecule has 0 aliphatic carbocycles. The Morgan fingerprint density at radius 3 is 2.54 bits per heavy atom. The predicted molar refractivity (Wildman–Crippen MR) is 144 cm³/mol. The van der Waals surface area contributed by atoms with E-state index >= 15 is 0 Å². The Bertz CT molecular complexity index is 1430. The number of halogens is 2. The molecule has 1 aliphatic rings. The van der Waals surface area contributed by atoms with Gasteiger partial charge in [-0.15, -0.1) is 0 Å². The van der Waals surface area contributed by atoms with E-state index in [-0.39, 0.29) is 22.9 Å². The maximum atomic E-state index is 14.4. The molecule has 0 spiro atoms. The normalized spacial score (nSPS) is 14.3. The number of benzene rings is 2. The number of likely N-dealkylation sites (tertiary alicyclic amines) is 1. The molecule has 2 heterocycles. The van der Waals surface area contributed by atoms with Crippen LogP contribution in [0.2, 0.25) is 5.02 Å².